The van der Waals surface area contributed by atoms with Gasteiger partial charge >= 0.3 is 5.69 Å². The molecular formula is C21H24N8O5. The number of carbonyl (C=O) groups is 1. The third-order valence-electron chi connectivity index (χ3n) is 5.70. The third kappa shape index (κ3) is 4.72. The van der Waals surface area contributed by atoms with Crippen molar-refractivity contribution in [3.05, 3.63) is 60.8 Å². The lowest BCUT2D eigenvalue weighted by molar-refractivity contribution is -0.384. The molecule has 13 heteroatoms. The summed E-state index contributed by atoms with van der Waals surface area (Å²) in [4.78, 5) is 56.2. The van der Waals surface area contributed by atoms with Crippen LogP contribution >= 0.6 is 0 Å². The van der Waals surface area contributed by atoms with E-state index in [0.717, 1.165) is 32.4 Å². The maximum Gasteiger partial charge on any atom is 0.329 e. The number of hydrogen-bond acceptors (Lipinski definition) is 8. The highest BCUT2D eigenvalue weighted by Crippen LogP contribution is 2.23. The van der Waals surface area contributed by atoms with Crippen molar-refractivity contribution in [3.8, 4) is 0 Å². The minimum absolute atomic E-state index is 0.0200. The SMILES string of the molecule is Cn1c(=O)[nH]c(=O)c2c1nc(N1CCCCC1)n2CCC(=O)N/N=C/c1ccc([N+](=O)[O-])cc1. The molecular weight excluding hydrogens is 444 g/mol. The van der Waals surface area contributed by atoms with Gasteiger partial charge in [0.1, 0.15) is 0 Å². The number of carbonyl (C=O) groups excluding carboxylic acids is 1. The van der Waals surface area contributed by atoms with E-state index in [0.29, 0.717) is 11.5 Å². The van der Waals surface area contributed by atoms with Crippen LogP contribution in [0.4, 0.5) is 11.6 Å². The first-order chi connectivity index (χ1) is 16.3. The zero-order valence-electron chi connectivity index (χ0n) is 18.6. The smallest absolute Gasteiger partial charge is 0.329 e. The largest absolute Gasteiger partial charge is 0.342 e. The molecule has 3 aromatic rings. The zero-order valence-corrected chi connectivity index (χ0v) is 18.6. The minimum atomic E-state index is -0.551. The number of non-ortho nitro benzene ring substituents is 1. The summed E-state index contributed by atoms with van der Waals surface area (Å²) in [6.07, 6.45) is 4.51. The quantitative estimate of drug-likeness (QED) is 0.295. The molecule has 0 atom stereocenters. The van der Waals surface area contributed by atoms with Crippen LogP contribution in [-0.2, 0) is 18.4 Å². The summed E-state index contributed by atoms with van der Waals surface area (Å²) in [5, 5.41) is 14.6. The van der Waals surface area contributed by atoms with Crippen LogP contribution in [0.25, 0.3) is 11.2 Å². The second-order valence-electron chi connectivity index (χ2n) is 7.99. The van der Waals surface area contributed by atoms with E-state index in [4.69, 9.17) is 0 Å². The lowest BCUT2D eigenvalue weighted by Crippen LogP contribution is -2.33. The van der Waals surface area contributed by atoms with Crippen LogP contribution in [0.2, 0.25) is 0 Å². The number of rotatable bonds is 7. The van der Waals surface area contributed by atoms with Crippen LogP contribution in [0.15, 0.2) is 39.0 Å². The van der Waals surface area contributed by atoms with Crippen molar-refractivity contribution >= 4 is 34.9 Å². The molecule has 0 radical (unpaired) electrons. The Morgan fingerprint density at radius 2 is 1.94 bits per heavy atom. The van der Waals surface area contributed by atoms with Crippen molar-refractivity contribution < 1.29 is 9.72 Å². The fourth-order valence-electron chi connectivity index (χ4n) is 3.90. The van der Waals surface area contributed by atoms with Crippen LogP contribution in [0.1, 0.15) is 31.2 Å². The molecule has 0 unspecified atom stereocenters. The normalized spacial score (nSPS) is 14.1. The van der Waals surface area contributed by atoms with E-state index in [9.17, 15) is 24.5 Å². The molecule has 0 bridgehead atoms. The molecule has 0 saturated carbocycles. The van der Waals surface area contributed by atoms with Crippen molar-refractivity contribution in [1.82, 2.24) is 24.5 Å². The summed E-state index contributed by atoms with van der Waals surface area (Å²) in [7, 11) is 1.54. The van der Waals surface area contributed by atoms with Crippen molar-refractivity contribution in [3.63, 3.8) is 0 Å². The van der Waals surface area contributed by atoms with Crippen LogP contribution in [0.5, 0.6) is 0 Å². The Balaban J connectivity index is 1.51. The van der Waals surface area contributed by atoms with Gasteiger partial charge in [0.2, 0.25) is 11.9 Å². The fourth-order valence-corrected chi connectivity index (χ4v) is 3.90. The summed E-state index contributed by atoms with van der Waals surface area (Å²) >= 11 is 0. The number of aromatic amines is 1. The first-order valence-electron chi connectivity index (χ1n) is 10.9. The van der Waals surface area contributed by atoms with E-state index < -0.39 is 16.2 Å². The number of aromatic nitrogens is 4. The van der Waals surface area contributed by atoms with E-state index in [2.05, 4.69) is 25.4 Å². The van der Waals surface area contributed by atoms with Crippen LogP contribution < -0.4 is 21.6 Å². The Bertz CT molecular complexity index is 1360. The van der Waals surface area contributed by atoms with Gasteiger partial charge in [-0.1, -0.05) is 0 Å². The van der Waals surface area contributed by atoms with Crippen LogP contribution in [-0.4, -0.2) is 49.2 Å². The van der Waals surface area contributed by atoms with Gasteiger partial charge in [0, 0.05) is 45.2 Å². The summed E-state index contributed by atoms with van der Waals surface area (Å²) in [6.45, 7) is 1.73. The van der Waals surface area contributed by atoms with Gasteiger partial charge in [0.25, 0.3) is 11.2 Å². The van der Waals surface area contributed by atoms with Gasteiger partial charge in [0.15, 0.2) is 11.2 Å². The van der Waals surface area contributed by atoms with Gasteiger partial charge in [0.05, 0.1) is 11.1 Å². The molecule has 3 heterocycles. The second kappa shape index (κ2) is 9.68. The molecule has 4 rings (SSSR count). The fraction of sp³-hybridized carbons (Fsp3) is 0.381. The number of benzene rings is 1. The Hall–Kier alpha value is -4.29. The first kappa shape index (κ1) is 22.9. The molecule has 1 aromatic carbocycles. The van der Waals surface area contributed by atoms with Gasteiger partial charge in [-0.3, -0.25) is 29.3 Å². The van der Waals surface area contributed by atoms with Gasteiger partial charge in [-0.2, -0.15) is 10.1 Å². The molecule has 0 spiro atoms. The first-order valence-corrected chi connectivity index (χ1v) is 10.9. The number of nitro groups is 1. The number of H-pyrrole nitrogens is 1. The molecule has 34 heavy (non-hydrogen) atoms. The summed E-state index contributed by atoms with van der Waals surface area (Å²) < 4.78 is 2.97. The predicted molar refractivity (Wildman–Crippen MR) is 125 cm³/mol. The van der Waals surface area contributed by atoms with Crippen LogP contribution in [0, 0.1) is 10.1 Å². The van der Waals surface area contributed by atoms with E-state index in [1.54, 1.807) is 4.57 Å². The van der Waals surface area contributed by atoms with Crippen molar-refractivity contribution in [2.24, 2.45) is 12.1 Å². The van der Waals surface area contributed by atoms with E-state index in [1.165, 1.54) is 42.1 Å². The molecule has 178 valence electrons. The van der Waals surface area contributed by atoms with E-state index >= 15 is 0 Å². The van der Waals surface area contributed by atoms with E-state index in [-0.39, 0.29) is 35.7 Å². The van der Waals surface area contributed by atoms with Gasteiger partial charge < -0.3 is 9.47 Å². The summed E-state index contributed by atoms with van der Waals surface area (Å²) in [6, 6.07) is 5.74. The third-order valence-corrected chi connectivity index (χ3v) is 5.70. The number of nitrogens with zero attached hydrogens (tertiary/aromatic N) is 6. The summed E-state index contributed by atoms with van der Waals surface area (Å²) in [5.74, 6) is 0.175. The Kier molecular flexibility index (Phi) is 6.52. The van der Waals surface area contributed by atoms with Gasteiger partial charge in [-0.25, -0.2) is 10.2 Å². The minimum Gasteiger partial charge on any atom is -0.342 e. The number of nitro benzene ring substituents is 1. The van der Waals surface area contributed by atoms with Gasteiger partial charge in [-0.15, -0.1) is 0 Å². The Morgan fingerprint density at radius 3 is 2.62 bits per heavy atom. The highest BCUT2D eigenvalue weighted by Gasteiger charge is 2.23. The van der Waals surface area contributed by atoms with Crippen LogP contribution in [0.3, 0.4) is 0 Å². The number of nitrogens with one attached hydrogen (secondary N) is 2. The molecule has 1 aliphatic rings. The summed E-state index contributed by atoms with van der Waals surface area (Å²) in [5.41, 5.74) is 2.38. The lowest BCUT2D eigenvalue weighted by Gasteiger charge is -2.28. The van der Waals surface area contributed by atoms with Crippen molar-refractivity contribution in [1.29, 1.82) is 0 Å². The molecule has 13 nitrogen and oxygen atoms in total. The van der Waals surface area contributed by atoms with Crippen molar-refractivity contribution in [2.45, 2.75) is 32.2 Å². The molecule has 2 aromatic heterocycles. The number of aryl methyl sites for hydroxylation is 2. The molecule has 1 aliphatic heterocycles. The predicted octanol–water partition coefficient (Wildman–Crippen LogP) is 0.862. The second-order valence-corrected chi connectivity index (χ2v) is 7.99. The number of imidazole rings is 1. The molecule has 1 fully saturated rings. The number of hydrazone groups is 1. The standard InChI is InChI=1S/C21H24N8O5/c1-26-18-17(19(31)24-21(26)32)28(20(23-18)27-10-3-2-4-11-27)12-9-16(30)25-22-13-14-5-7-15(8-6-14)29(33)34/h5-8,13H,2-4,9-12H2,1H3,(H,25,30)(H,24,31,32)/b22-13+. The topological polar surface area (TPSA) is 161 Å². The van der Waals surface area contributed by atoms with E-state index in [1.807, 2.05) is 0 Å². The average Bonchev–Trinajstić information content (AvgIpc) is 3.22. The molecule has 1 saturated heterocycles. The molecule has 0 aliphatic carbocycles. The highest BCUT2D eigenvalue weighted by atomic mass is 16.6. The number of amides is 1. The maximum absolute atomic E-state index is 12.6. The zero-order chi connectivity index (χ0) is 24.2. The number of fused-ring (bicyclic) bond motifs is 1. The Labute approximate surface area is 192 Å². The maximum atomic E-state index is 12.6. The van der Waals surface area contributed by atoms with Gasteiger partial charge in [-0.05, 0) is 37.0 Å². The molecule has 2 N–H and O–H groups in total. The monoisotopic (exact) mass is 468 g/mol. The molecule has 1 amide bonds. The Morgan fingerprint density at radius 1 is 1.24 bits per heavy atom. The average molecular weight is 468 g/mol. The highest BCUT2D eigenvalue weighted by molar-refractivity contribution is 5.83. The van der Waals surface area contributed by atoms with Crippen molar-refractivity contribution in [2.75, 3.05) is 18.0 Å². The number of anilines is 1. The lowest BCUT2D eigenvalue weighted by atomic mass is 10.1. The number of piperidine rings is 1. The number of hydrogen-bond donors (Lipinski definition) is 2.